The molecule has 176 valence electrons. The number of hydrogen-bond acceptors (Lipinski definition) is 4. The molecule has 0 bridgehead atoms. The number of aliphatic hydroxyl groups is 1. The highest BCUT2D eigenvalue weighted by molar-refractivity contribution is 5.94. The molecule has 2 saturated heterocycles. The zero-order chi connectivity index (χ0) is 24.1. The van der Waals surface area contributed by atoms with Gasteiger partial charge in [0.1, 0.15) is 5.60 Å². The van der Waals surface area contributed by atoms with E-state index in [0.717, 1.165) is 11.1 Å². The molecule has 0 aliphatic carbocycles. The Kier molecular flexibility index (Phi) is 5.56. The first-order valence-corrected chi connectivity index (χ1v) is 11.6. The average molecular weight is 451 g/mol. The van der Waals surface area contributed by atoms with Crippen LogP contribution >= 0.6 is 0 Å². The summed E-state index contributed by atoms with van der Waals surface area (Å²) in [6.45, 7) is 9.91. The Morgan fingerprint density at radius 3 is 1.73 bits per heavy atom. The van der Waals surface area contributed by atoms with Gasteiger partial charge in [-0.1, -0.05) is 60.7 Å². The third kappa shape index (κ3) is 3.61. The van der Waals surface area contributed by atoms with Crippen molar-refractivity contribution in [2.75, 3.05) is 13.1 Å². The predicted molar refractivity (Wildman–Crippen MR) is 126 cm³/mol. The zero-order valence-corrected chi connectivity index (χ0v) is 20.2. The molecule has 2 aliphatic rings. The predicted octanol–water partition coefficient (Wildman–Crippen LogP) is 4.42. The van der Waals surface area contributed by atoms with E-state index < -0.39 is 28.4 Å². The lowest BCUT2D eigenvalue weighted by Gasteiger charge is -2.63. The van der Waals surface area contributed by atoms with Crippen LogP contribution < -0.4 is 0 Å². The molecule has 2 aromatic rings. The summed E-state index contributed by atoms with van der Waals surface area (Å²) in [4.78, 5) is 30.9. The summed E-state index contributed by atoms with van der Waals surface area (Å²) in [5.74, 6) is -0.178. The van der Waals surface area contributed by atoms with Crippen LogP contribution in [0.15, 0.2) is 60.7 Å². The summed E-state index contributed by atoms with van der Waals surface area (Å²) in [6, 6.07) is 19.1. The van der Waals surface area contributed by atoms with Gasteiger partial charge in [0.25, 0.3) is 5.91 Å². The largest absolute Gasteiger partial charge is 0.444 e. The van der Waals surface area contributed by atoms with Gasteiger partial charge >= 0.3 is 6.09 Å². The summed E-state index contributed by atoms with van der Waals surface area (Å²) in [6.07, 6.45) is 0.645. The molecule has 0 aromatic heterocycles. The van der Waals surface area contributed by atoms with Gasteiger partial charge in [0.15, 0.2) is 5.54 Å². The van der Waals surface area contributed by atoms with Crippen LogP contribution in [0.4, 0.5) is 4.79 Å². The number of amides is 2. The molecule has 2 aliphatic heterocycles. The number of likely N-dealkylation sites (tertiary alicyclic amines) is 2. The molecule has 0 saturated carbocycles. The Labute approximate surface area is 196 Å². The summed E-state index contributed by atoms with van der Waals surface area (Å²) in [7, 11) is 0. The van der Waals surface area contributed by atoms with Gasteiger partial charge in [0.05, 0.1) is 11.1 Å². The Balaban J connectivity index is 1.79. The van der Waals surface area contributed by atoms with Crippen molar-refractivity contribution in [2.45, 2.75) is 69.7 Å². The van der Waals surface area contributed by atoms with E-state index in [1.165, 1.54) is 0 Å². The SMILES string of the molecule is CC(C)(C)OC(=O)N1CC[C@]1(C(=O)N1CC[C@@]1(c1ccccc1)C(C)(C)O)c1ccccc1. The van der Waals surface area contributed by atoms with Gasteiger partial charge in [-0.3, -0.25) is 9.69 Å². The van der Waals surface area contributed by atoms with Crippen molar-refractivity contribution in [1.29, 1.82) is 0 Å². The second-order valence-electron chi connectivity index (χ2n) is 10.6. The van der Waals surface area contributed by atoms with Crippen molar-refractivity contribution in [3.63, 3.8) is 0 Å². The van der Waals surface area contributed by atoms with Gasteiger partial charge in [-0.15, -0.1) is 0 Å². The fraction of sp³-hybridized carbons (Fsp3) is 0.481. The van der Waals surface area contributed by atoms with Crippen molar-refractivity contribution in [2.24, 2.45) is 0 Å². The Bertz CT molecular complexity index is 1030. The fourth-order valence-electron chi connectivity index (χ4n) is 5.32. The van der Waals surface area contributed by atoms with E-state index in [-0.39, 0.29) is 5.91 Å². The summed E-state index contributed by atoms with van der Waals surface area (Å²) < 4.78 is 5.67. The highest BCUT2D eigenvalue weighted by Crippen LogP contribution is 2.53. The van der Waals surface area contributed by atoms with E-state index in [0.29, 0.717) is 25.9 Å². The number of hydrogen-bond donors (Lipinski definition) is 1. The summed E-state index contributed by atoms with van der Waals surface area (Å²) >= 11 is 0. The molecular weight excluding hydrogens is 416 g/mol. The quantitative estimate of drug-likeness (QED) is 0.749. The van der Waals surface area contributed by atoms with E-state index in [1.54, 1.807) is 23.6 Å². The number of carbonyl (C=O) groups is 2. The maximum atomic E-state index is 14.4. The molecule has 1 N–H and O–H groups in total. The van der Waals surface area contributed by atoms with E-state index >= 15 is 0 Å². The lowest BCUT2D eigenvalue weighted by molar-refractivity contribution is -0.197. The maximum Gasteiger partial charge on any atom is 0.411 e. The molecule has 4 rings (SSSR count). The molecule has 2 fully saturated rings. The van der Waals surface area contributed by atoms with Crippen LogP contribution in [0.1, 0.15) is 58.6 Å². The van der Waals surface area contributed by atoms with Crippen molar-refractivity contribution in [1.82, 2.24) is 9.80 Å². The molecule has 2 heterocycles. The topological polar surface area (TPSA) is 70.1 Å². The van der Waals surface area contributed by atoms with Crippen molar-refractivity contribution >= 4 is 12.0 Å². The highest BCUT2D eigenvalue weighted by atomic mass is 16.6. The minimum atomic E-state index is -1.18. The van der Waals surface area contributed by atoms with Crippen LogP contribution in [0.3, 0.4) is 0 Å². The second kappa shape index (κ2) is 7.87. The molecule has 6 nitrogen and oxygen atoms in total. The number of nitrogens with zero attached hydrogens (tertiary/aromatic N) is 2. The lowest BCUT2D eigenvalue weighted by atomic mass is 9.65. The molecule has 6 heteroatoms. The Morgan fingerprint density at radius 1 is 0.818 bits per heavy atom. The molecule has 2 amide bonds. The number of benzene rings is 2. The summed E-state index contributed by atoms with van der Waals surface area (Å²) in [5.41, 5.74) is -2.23. The summed E-state index contributed by atoms with van der Waals surface area (Å²) in [5, 5.41) is 11.3. The normalized spacial score (nSPS) is 25.2. The van der Waals surface area contributed by atoms with Crippen molar-refractivity contribution < 1.29 is 19.4 Å². The Morgan fingerprint density at radius 2 is 1.33 bits per heavy atom. The van der Waals surface area contributed by atoms with Gasteiger partial charge in [0.2, 0.25) is 0 Å². The molecule has 2 atom stereocenters. The third-order valence-electron chi connectivity index (χ3n) is 7.04. The smallest absolute Gasteiger partial charge is 0.411 e. The molecule has 33 heavy (non-hydrogen) atoms. The standard InChI is InChI=1S/C27H34N2O4/c1-24(2,3)33-23(31)29-18-16-26(29,20-12-8-6-9-13-20)22(30)28-19-17-27(28,25(4,5)32)21-14-10-7-11-15-21/h6-15,32H,16-19H2,1-5H3/t26-,27-/m1/s1. The third-order valence-corrected chi connectivity index (χ3v) is 7.04. The Hall–Kier alpha value is -2.86. The fourth-order valence-corrected chi connectivity index (χ4v) is 5.32. The number of carbonyl (C=O) groups excluding carboxylic acids is 2. The monoisotopic (exact) mass is 450 g/mol. The first kappa shape index (κ1) is 23.3. The van der Waals surface area contributed by atoms with Gasteiger partial charge in [-0.2, -0.15) is 0 Å². The number of rotatable bonds is 4. The van der Waals surface area contributed by atoms with Crippen molar-refractivity contribution in [3.8, 4) is 0 Å². The van der Waals surface area contributed by atoms with Crippen LogP contribution in [0.25, 0.3) is 0 Å². The van der Waals surface area contributed by atoms with Gasteiger partial charge in [-0.25, -0.2) is 4.79 Å². The molecular formula is C27H34N2O4. The van der Waals surface area contributed by atoms with Crippen LogP contribution in [0, 0.1) is 0 Å². The van der Waals surface area contributed by atoms with E-state index in [2.05, 4.69) is 0 Å². The first-order chi connectivity index (χ1) is 15.4. The minimum Gasteiger partial charge on any atom is -0.444 e. The van der Waals surface area contributed by atoms with Crippen LogP contribution in [-0.4, -0.2) is 51.2 Å². The average Bonchev–Trinajstić information content (AvgIpc) is 2.66. The number of ether oxygens (including phenoxy) is 1. The van der Waals surface area contributed by atoms with Crippen molar-refractivity contribution in [3.05, 3.63) is 71.8 Å². The van der Waals surface area contributed by atoms with Crippen LogP contribution in [0.5, 0.6) is 0 Å². The van der Waals surface area contributed by atoms with E-state index in [4.69, 9.17) is 4.74 Å². The van der Waals surface area contributed by atoms with Gasteiger partial charge in [-0.05, 0) is 52.2 Å². The molecule has 2 aromatic carbocycles. The maximum absolute atomic E-state index is 14.4. The van der Waals surface area contributed by atoms with Gasteiger partial charge < -0.3 is 14.7 Å². The molecule has 0 radical (unpaired) electrons. The minimum absolute atomic E-state index is 0.178. The zero-order valence-electron chi connectivity index (χ0n) is 20.2. The lowest BCUT2D eigenvalue weighted by Crippen LogP contribution is -2.76. The van der Waals surface area contributed by atoms with Gasteiger partial charge in [0, 0.05) is 19.5 Å². The highest BCUT2D eigenvalue weighted by Gasteiger charge is 2.65. The second-order valence-corrected chi connectivity index (χ2v) is 10.6. The molecule has 0 unspecified atom stereocenters. The van der Waals surface area contributed by atoms with E-state index in [9.17, 15) is 14.7 Å². The molecule has 0 spiro atoms. The van der Waals surface area contributed by atoms with Crippen LogP contribution in [-0.2, 0) is 20.6 Å². The first-order valence-electron chi connectivity index (χ1n) is 11.6. The van der Waals surface area contributed by atoms with Crippen LogP contribution in [0.2, 0.25) is 0 Å². The van der Waals surface area contributed by atoms with E-state index in [1.807, 2.05) is 81.4 Å².